The number of benzene rings is 1. The highest BCUT2D eigenvalue weighted by atomic mass is 19.1. The fourth-order valence-corrected chi connectivity index (χ4v) is 2.51. The minimum absolute atomic E-state index is 0.232. The number of nitrogens with zero attached hydrogens (tertiary/aromatic N) is 1. The van der Waals surface area contributed by atoms with Crippen LogP contribution >= 0.6 is 0 Å². The van der Waals surface area contributed by atoms with Crippen LogP contribution in [-0.4, -0.2) is 23.1 Å². The smallest absolute Gasteiger partial charge is 0.153 e. The lowest BCUT2D eigenvalue weighted by Crippen LogP contribution is -2.09. The molecule has 3 rings (SSSR count). The van der Waals surface area contributed by atoms with Gasteiger partial charge in [0.2, 0.25) is 0 Å². The molecule has 1 unspecified atom stereocenters. The maximum Gasteiger partial charge on any atom is 0.153 e. The number of imidazole rings is 1. The van der Waals surface area contributed by atoms with Gasteiger partial charge < -0.3 is 10.3 Å². The Kier molecular flexibility index (Phi) is 2.99. The molecule has 0 aliphatic carbocycles. The first-order valence-corrected chi connectivity index (χ1v) is 6.27. The van der Waals surface area contributed by atoms with E-state index < -0.39 is 11.6 Å². The van der Waals surface area contributed by atoms with Gasteiger partial charge in [-0.1, -0.05) is 0 Å². The average molecular weight is 251 g/mol. The number of aryl methyl sites for hydroxylation is 1. The highest BCUT2D eigenvalue weighted by molar-refractivity contribution is 5.75. The van der Waals surface area contributed by atoms with E-state index in [0.29, 0.717) is 11.4 Å². The van der Waals surface area contributed by atoms with Crippen LogP contribution in [0.25, 0.3) is 11.0 Å². The number of hydrogen-bond donors (Lipinski definition) is 2. The maximum absolute atomic E-state index is 13.5. The SMILES string of the molecule is Fc1cc(F)c2nc(CCC3CCNC3)[nH]c2c1. The molecule has 18 heavy (non-hydrogen) atoms. The number of nitrogens with one attached hydrogen (secondary N) is 2. The second kappa shape index (κ2) is 4.65. The van der Waals surface area contributed by atoms with Crippen LogP contribution < -0.4 is 5.32 Å². The van der Waals surface area contributed by atoms with Crippen molar-refractivity contribution in [2.45, 2.75) is 19.3 Å². The summed E-state index contributed by atoms with van der Waals surface area (Å²) in [5, 5.41) is 3.31. The Balaban J connectivity index is 1.78. The molecule has 2 heterocycles. The summed E-state index contributed by atoms with van der Waals surface area (Å²) in [6.45, 7) is 2.12. The molecule has 0 amide bonds. The fraction of sp³-hybridized carbons (Fsp3) is 0.462. The Morgan fingerprint density at radius 1 is 1.33 bits per heavy atom. The molecular weight excluding hydrogens is 236 g/mol. The molecule has 1 saturated heterocycles. The largest absolute Gasteiger partial charge is 0.342 e. The molecule has 1 aliphatic heterocycles. The Morgan fingerprint density at radius 3 is 3.00 bits per heavy atom. The molecule has 1 fully saturated rings. The molecule has 1 aromatic carbocycles. The first-order valence-electron chi connectivity index (χ1n) is 6.27. The Hall–Kier alpha value is -1.49. The second-order valence-electron chi connectivity index (χ2n) is 4.86. The van der Waals surface area contributed by atoms with Gasteiger partial charge in [-0.2, -0.15) is 0 Å². The molecule has 0 saturated carbocycles. The quantitative estimate of drug-likeness (QED) is 0.879. The minimum atomic E-state index is -0.602. The lowest BCUT2D eigenvalue weighted by Gasteiger charge is -2.05. The summed E-state index contributed by atoms with van der Waals surface area (Å²) in [6, 6.07) is 2.15. The number of H-pyrrole nitrogens is 1. The van der Waals surface area contributed by atoms with Gasteiger partial charge in [0.05, 0.1) is 5.52 Å². The number of aromatic amines is 1. The van der Waals surface area contributed by atoms with Crippen LogP contribution in [0, 0.1) is 17.6 Å². The van der Waals surface area contributed by atoms with Crippen molar-refractivity contribution in [3.8, 4) is 0 Å². The van der Waals surface area contributed by atoms with Crippen LogP contribution in [0.4, 0.5) is 8.78 Å². The first-order chi connectivity index (χ1) is 8.72. The van der Waals surface area contributed by atoms with Crippen molar-refractivity contribution < 1.29 is 8.78 Å². The Morgan fingerprint density at radius 2 is 2.22 bits per heavy atom. The van der Waals surface area contributed by atoms with Gasteiger partial charge in [0.25, 0.3) is 0 Å². The molecule has 2 N–H and O–H groups in total. The number of hydrogen-bond acceptors (Lipinski definition) is 2. The molecule has 1 atom stereocenters. The number of aromatic nitrogens is 2. The van der Waals surface area contributed by atoms with Crippen molar-refractivity contribution in [1.82, 2.24) is 15.3 Å². The van der Waals surface area contributed by atoms with Gasteiger partial charge in [0, 0.05) is 12.5 Å². The standard InChI is InChI=1S/C13H15F2N3/c14-9-5-10(15)13-11(6-9)17-12(18-13)2-1-8-3-4-16-7-8/h5-6,8,16H,1-4,7H2,(H,17,18). The fourth-order valence-electron chi connectivity index (χ4n) is 2.51. The van der Waals surface area contributed by atoms with Gasteiger partial charge >= 0.3 is 0 Å². The summed E-state index contributed by atoms with van der Waals surface area (Å²) >= 11 is 0. The van der Waals surface area contributed by atoms with Gasteiger partial charge in [-0.25, -0.2) is 13.8 Å². The van der Waals surface area contributed by atoms with Crippen molar-refractivity contribution in [2.75, 3.05) is 13.1 Å². The summed E-state index contributed by atoms with van der Waals surface area (Å²) in [5.74, 6) is 0.228. The van der Waals surface area contributed by atoms with Crippen LogP contribution in [0.3, 0.4) is 0 Å². The lowest BCUT2D eigenvalue weighted by atomic mass is 10.0. The van der Waals surface area contributed by atoms with Crippen molar-refractivity contribution in [1.29, 1.82) is 0 Å². The van der Waals surface area contributed by atoms with E-state index in [1.54, 1.807) is 0 Å². The Bertz CT molecular complexity index is 559. The molecule has 0 radical (unpaired) electrons. The summed E-state index contributed by atoms with van der Waals surface area (Å²) in [5.41, 5.74) is 0.669. The highest BCUT2D eigenvalue weighted by Gasteiger charge is 2.15. The molecule has 5 heteroatoms. The summed E-state index contributed by atoms with van der Waals surface area (Å²) in [6.07, 6.45) is 2.99. The van der Waals surface area contributed by atoms with Gasteiger partial charge in [-0.05, 0) is 37.9 Å². The topological polar surface area (TPSA) is 40.7 Å². The summed E-state index contributed by atoms with van der Waals surface area (Å²) in [4.78, 5) is 7.19. The number of fused-ring (bicyclic) bond motifs is 1. The van der Waals surface area contributed by atoms with Crippen LogP contribution in [0.2, 0.25) is 0 Å². The zero-order chi connectivity index (χ0) is 12.5. The van der Waals surface area contributed by atoms with E-state index in [0.717, 1.165) is 37.8 Å². The maximum atomic E-state index is 13.5. The lowest BCUT2D eigenvalue weighted by molar-refractivity contribution is 0.526. The van der Waals surface area contributed by atoms with Gasteiger partial charge in [0.1, 0.15) is 17.2 Å². The number of rotatable bonds is 3. The van der Waals surface area contributed by atoms with Crippen LogP contribution in [0.1, 0.15) is 18.7 Å². The van der Waals surface area contributed by atoms with Gasteiger partial charge in [0.15, 0.2) is 5.82 Å². The predicted molar refractivity (Wildman–Crippen MR) is 65.3 cm³/mol. The third kappa shape index (κ3) is 2.22. The number of halogens is 2. The van der Waals surface area contributed by atoms with E-state index in [1.807, 2.05) is 0 Å². The van der Waals surface area contributed by atoms with E-state index in [-0.39, 0.29) is 5.52 Å². The molecule has 0 spiro atoms. The normalized spacial score (nSPS) is 19.8. The van der Waals surface area contributed by atoms with E-state index in [4.69, 9.17) is 0 Å². The minimum Gasteiger partial charge on any atom is -0.342 e. The zero-order valence-electron chi connectivity index (χ0n) is 9.97. The third-order valence-corrected chi connectivity index (χ3v) is 3.51. The zero-order valence-corrected chi connectivity index (χ0v) is 9.97. The van der Waals surface area contributed by atoms with E-state index in [1.165, 1.54) is 12.5 Å². The molecular formula is C13H15F2N3. The Labute approximate surface area is 104 Å². The molecule has 0 bridgehead atoms. The third-order valence-electron chi connectivity index (χ3n) is 3.51. The molecule has 96 valence electrons. The van der Waals surface area contributed by atoms with E-state index >= 15 is 0 Å². The molecule has 1 aromatic heterocycles. The van der Waals surface area contributed by atoms with Crippen LogP contribution in [0.5, 0.6) is 0 Å². The van der Waals surface area contributed by atoms with E-state index in [9.17, 15) is 8.78 Å². The molecule has 2 aromatic rings. The molecule has 3 nitrogen and oxygen atoms in total. The average Bonchev–Trinajstić information content (AvgIpc) is 2.93. The second-order valence-corrected chi connectivity index (χ2v) is 4.86. The highest BCUT2D eigenvalue weighted by Crippen LogP contribution is 2.20. The van der Waals surface area contributed by atoms with Gasteiger partial charge in [-0.15, -0.1) is 0 Å². The van der Waals surface area contributed by atoms with Crippen LogP contribution in [-0.2, 0) is 6.42 Å². The van der Waals surface area contributed by atoms with Crippen molar-refractivity contribution in [3.63, 3.8) is 0 Å². The van der Waals surface area contributed by atoms with Crippen LogP contribution in [0.15, 0.2) is 12.1 Å². The summed E-state index contributed by atoms with van der Waals surface area (Å²) in [7, 11) is 0. The predicted octanol–water partition coefficient (Wildman–Crippen LogP) is 2.38. The van der Waals surface area contributed by atoms with Crippen molar-refractivity contribution >= 4 is 11.0 Å². The molecule has 1 aliphatic rings. The van der Waals surface area contributed by atoms with Crippen molar-refractivity contribution in [2.24, 2.45) is 5.92 Å². The van der Waals surface area contributed by atoms with Crippen molar-refractivity contribution in [3.05, 3.63) is 29.6 Å². The van der Waals surface area contributed by atoms with E-state index in [2.05, 4.69) is 15.3 Å². The first kappa shape index (κ1) is 11.6. The van der Waals surface area contributed by atoms with Gasteiger partial charge in [-0.3, -0.25) is 0 Å². The summed E-state index contributed by atoms with van der Waals surface area (Å²) < 4.78 is 26.5. The monoisotopic (exact) mass is 251 g/mol.